The van der Waals surface area contributed by atoms with Crippen molar-refractivity contribution in [2.45, 2.75) is 13.0 Å². The largest absolute Gasteiger partial charge is 0.384 e. The first kappa shape index (κ1) is 12.6. The Bertz CT molecular complexity index is 489. The molecule has 0 heterocycles. The van der Waals surface area contributed by atoms with Gasteiger partial charge in [-0.15, -0.1) is 0 Å². The molecule has 2 rings (SSSR count). The Labute approximate surface area is 103 Å². The van der Waals surface area contributed by atoms with E-state index in [2.05, 4.69) is 0 Å². The first-order valence-electron chi connectivity index (χ1n) is 5.37. The molecule has 1 atom stereocenters. The smallest absolute Gasteiger partial charge is 0.126 e. The number of rotatable bonds is 2. The summed E-state index contributed by atoms with van der Waals surface area (Å²) in [4.78, 5) is 0. The minimum Gasteiger partial charge on any atom is -0.384 e. The van der Waals surface area contributed by atoms with Gasteiger partial charge in [-0.3, -0.25) is 0 Å². The average Bonchev–Trinajstić information content (AvgIpc) is 2.25. The van der Waals surface area contributed by atoms with Gasteiger partial charge in [0.15, 0.2) is 0 Å². The van der Waals surface area contributed by atoms with E-state index in [1.165, 1.54) is 6.07 Å². The molecular weight excluding hydrogens is 241 g/mol. The van der Waals surface area contributed by atoms with Gasteiger partial charge in [0.25, 0.3) is 0 Å². The Morgan fingerprint density at radius 2 is 1.22 bits per heavy atom. The topological polar surface area (TPSA) is 20.2 Å². The van der Waals surface area contributed by atoms with Crippen LogP contribution in [0.5, 0.6) is 0 Å². The fourth-order valence-corrected chi connectivity index (χ4v) is 1.85. The molecule has 0 fully saturated rings. The van der Waals surface area contributed by atoms with Crippen molar-refractivity contribution in [1.29, 1.82) is 0 Å². The third kappa shape index (κ3) is 2.71. The van der Waals surface area contributed by atoms with E-state index < -0.39 is 23.6 Å². The van der Waals surface area contributed by atoms with Crippen LogP contribution in [0.2, 0.25) is 0 Å². The van der Waals surface area contributed by atoms with Crippen LogP contribution >= 0.6 is 0 Å². The number of halogens is 3. The van der Waals surface area contributed by atoms with Gasteiger partial charge in [-0.1, -0.05) is 6.07 Å². The Morgan fingerprint density at radius 1 is 0.778 bits per heavy atom. The van der Waals surface area contributed by atoms with Gasteiger partial charge in [-0.2, -0.15) is 0 Å². The van der Waals surface area contributed by atoms with Crippen LogP contribution < -0.4 is 0 Å². The van der Waals surface area contributed by atoms with E-state index in [0.717, 1.165) is 18.2 Å². The van der Waals surface area contributed by atoms with Crippen molar-refractivity contribution in [1.82, 2.24) is 0 Å². The van der Waals surface area contributed by atoms with E-state index in [1.54, 1.807) is 13.0 Å². The molecule has 0 aromatic heterocycles. The maximum atomic E-state index is 13.2. The van der Waals surface area contributed by atoms with E-state index in [-0.39, 0.29) is 11.1 Å². The van der Waals surface area contributed by atoms with Crippen molar-refractivity contribution in [3.05, 3.63) is 70.5 Å². The molecule has 0 amide bonds. The fourth-order valence-electron chi connectivity index (χ4n) is 1.85. The highest BCUT2D eigenvalue weighted by atomic mass is 19.1. The highest BCUT2D eigenvalue weighted by molar-refractivity contribution is 5.33. The van der Waals surface area contributed by atoms with Crippen LogP contribution in [0, 0.1) is 24.4 Å². The molecular formula is C14H11F3O. The Morgan fingerprint density at radius 3 is 1.72 bits per heavy atom. The summed E-state index contributed by atoms with van der Waals surface area (Å²) in [6.07, 6.45) is -1.26. The molecule has 0 radical (unpaired) electrons. The Kier molecular flexibility index (Phi) is 3.39. The number of aliphatic hydroxyl groups is 1. The van der Waals surface area contributed by atoms with Crippen molar-refractivity contribution < 1.29 is 18.3 Å². The summed E-state index contributed by atoms with van der Waals surface area (Å²) in [5.41, 5.74) is 0.941. The molecule has 0 aliphatic heterocycles. The summed E-state index contributed by atoms with van der Waals surface area (Å²) < 4.78 is 39.3. The number of aliphatic hydroxyl groups excluding tert-OH is 1. The van der Waals surface area contributed by atoms with E-state index in [0.29, 0.717) is 11.6 Å². The maximum Gasteiger partial charge on any atom is 0.126 e. The van der Waals surface area contributed by atoms with Gasteiger partial charge < -0.3 is 5.11 Å². The standard InChI is InChI=1S/C14H11F3O/c1-8-2-9(4-11(15)3-8)14(18)10-5-12(16)7-13(17)6-10/h2-7,14,18H,1H3. The summed E-state index contributed by atoms with van der Waals surface area (Å²) in [5.74, 6) is -2.06. The van der Waals surface area contributed by atoms with Gasteiger partial charge in [0.2, 0.25) is 0 Å². The lowest BCUT2D eigenvalue weighted by molar-refractivity contribution is 0.218. The second kappa shape index (κ2) is 4.82. The van der Waals surface area contributed by atoms with E-state index in [9.17, 15) is 18.3 Å². The van der Waals surface area contributed by atoms with Crippen molar-refractivity contribution >= 4 is 0 Å². The molecule has 0 aliphatic rings. The van der Waals surface area contributed by atoms with Crippen LogP contribution in [0.25, 0.3) is 0 Å². The zero-order chi connectivity index (χ0) is 13.3. The zero-order valence-electron chi connectivity index (χ0n) is 9.62. The fraction of sp³-hybridized carbons (Fsp3) is 0.143. The predicted octanol–water partition coefficient (Wildman–Crippen LogP) is 3.49. The summed E-state index contributed by atoms with van der Waals surface area (Å²) in [6.45, 7) is 1.67. The molecule has 2 aromatic carbocycles. The molecule has 1 nitrogen and oxygen atoms in total. The number of aryl methyl sites for hydroxylation is 1. The van der Waals surface area contributed by atoms with E-state index >= 15 is 0 Å². The van der Waals surface area contributed by atoms with Crippen LogP contribution in [-0.2, 0) is 0 Å². The lowest BCUT2D eigenvalue weighted by atomic mass is 9.99. The summed E-state index contributed by atoms with van der Waals surface area (Å²) in [6, 6.07) is 6.77. The molecule has 0 aliphatic carbocycles. The molecule has 0 bridgehead atoms. The van der Waals surface area contributed by atoms with E-state index in [1.807, 2.05) is 0 Å². The third-order valence-electron chi connectivity index (χ3n) is 2.58. The third-order valence-corrected chi connectivity index (χ3v) is 2.58. The van der Waals surface area contributed by atoms with Gasteiger partial charge in [0, 0.05) is 6.07 Å². The number of benzene rings is 2. The van der Waals surface area contributed by atoms with Gasteiger partial charge in [-0.25, -0.2) is 13.2 Å². The summed E-state index contributed by atoms with van der Waals surface area (Å²) in [5, 5.41) is 9.99. The predicted molar refractivity (Wildman–Crippen MR) is 61.6 cm³/mol. The monoisotopic (exact) mass is 252 g/mol. The average molecular weight is 252 g/mol. The van der Waals surface area contributed by atoms with Crippen LogP contribution in [0.4, 0.5) is 13.2 Å². The van der Waals surface area contributed by atoms with Gasteiger partial charge in [-0.05, 0) is 47.9 Å². The summed E-state index contributed by atoms with van der Waals surface area (Å²) in [7, 11) is 0. The van der Waals surface area contributed by atoms with Gasteiger partial charge in [0.05, 0.1) is 0 Å². The lowest BCUT2D eigenvalue weighted by Gasteiger charge is -2.12. The van der Waals surface area contributed by atoms with Crippen LogP contribution in [0.1, 0.15) is 22.8 Å². The zero-order valence-corrected chi connectivity index (χ0v) is 9.62. The highest BCUT2D eigenvalue weighted by Gasteiger charge is 2.14. The van der Waals surface area contributed by atoms with Crippen LogP contribution in [0.15, 0.2) is 36.4 Å². The Hall–Kier alpha value is -1.81. The number of hydrogen-bond donors (Lipinski definition) is 1. The van der Waals surface area contributed by atoms with Crippen molar-refractivity contribution in [3.8, 4) is 0 Å². The van der Waals surface area contributed by atoms with E-state index in [4.69, 9.17) is 0 Å². The van der Waals surface area contributed by atoms with Crippen molar-refractivity contribution in [2.24, 2.45) is 0 Å². The van der Waals surface area contributed by atoms with Crippen LogP contribution in [0.3, 0.4) is 0 Å². The molecule has 18 heavy (non-hydrogen) atoms. The quantitative estimate of drug-likeness (QED) is 0.867. The highest BCUT2D eigenvalue weighted by Crippen LogP contribution is 2.25. The molecule has 0 saturated carbocycles. The molecule has 2 aromatic rings. The van der Waals surface area contributed by atoms with Gasteiger partial charge in [0.1, 0.15) is 23.6 Å². The Balaban J connectivity index is 2.43. The molecule has 1 unspecified atom stereocenters. The first-order chi connectivity index (χ1) is 8.45. The van der Waals surface area contributed by atoms with Gasteiger partial charge >= 0.3 is 0 Å². The lowest BCUT2D eigenvalue weighted by Crippen LogP contribution is -2.02. The second-order valence-corrected chi connectivity index (χ2v) is 4.17. The molecule has 1 N–H and O–H groups in total. The SMILES string of the molecule is Cc1cc(F)cc(C(O)c2cc(F)cc(F)c2)c1. The summed E-state index contributed by atoms with van der Waals surface area (Å²) >= 11 is 0. The molecule has 0 saturated heterocycles. The van der Waals surface area contributed by atoms with Crippen molar-refractivity contribution in [3.63, 3.8) is 0 Å². The molecule has 94 valence electrons. The maximum absolute atomic E-state index is 13.2. The first-order valence-corrected chi connectivity index (χ1v) is 5.37. The van der Waals surface area contributed by atoms with Crippen molar-refractivity contribution in [2.75, 3.05) is 0 Å². The normalized spacial score (nSPS) is 12.5. The second-order valence-electron chi connectivity index (χ2n) is 4.17. The minimum atomic E-state index is -1.26. The minimum absolute atomic E-state index is 0.0532. The van der Waals surface area contributed by atoms with Crippen LogP contribution in [-0.4, -0.2) is 5.11 Å². The molecule has 0 spiro atoms. The molecule has 4 heteroatoms. The number of hydrogen-bond acceptors (Lipinski definition) is 1.